The highest BCUT2D eigenvalue weighted by Gasteiger charge is 2.47. The smallest absolute Gasteiger partial charge is 0.223 e. The lowest BCUT2D eigenvalue weighted by Crippen LogP contribution is -2.53. The number of nitrogens with zero attached hydrogens (tertiary/aromatic N) is 1. The average molecular weight is 296 g/mol. The van der Waals surface area contributed by atoms with Gasteiger partial charge in [0.05, 0.1) is 6.04 Å². The largest absolute Gasteiger partial charge is 0.485 e. The van der Waals surface area contributed by atoms with E-state index in [1.54, 1.807) is 23.1 Å². The van der Waals surface area contributed by atoms with Crippen LogP contribution in [-0.4, -0.2) is 34.2 Å². The predicted molar refractivity (Wildman–Crippen MR) is 75.9 cm³/mol. The van der Waals surface area contributed by atoms with Crippen LogP contribution >= 0.6 is 11.6 Å². The van der Waals surface area contributed by atoms with Crippen LogP contribution in [-0.2, 0) is 4.79 Å². The lowest BCUT2D eigenvalue weighted by Gasteiger charge is -2.45. The first-order chi connectivity index (χ1) is 9.40. The molecule has 1 aromatic rings. The fraction of sp³-hybridized carbons (Fsp3) is 0.533. The highest BCUT2D eigenvalue weighted by atomic mass is 35.5. The molecule has 108 valence electrons. The van der Waals surface area contributed by atoms with Crippen LogP contribution in [0.4, 0.5) is 0 Å². The molecule has 0 saturated carbocycles. The molecule has 1 saturated heterocycles. The third-order valence-electron chi connectivity index (χ3n) is 4.12. The number of fused-ring (bicyclic) bond motifs is 1. The van der Waals surface area contributed by atoms with Gasteiger partial charge in [0.1, 0.15) is 17.5 Å². The van der Waals surface area contributed by atoms with Gasteiger partial charge in [0.2, 0.25) is 5.91 Å². The van der Waals surface area contributed by atoms with Gasteiger partial charge in [-0.25, -0.2) is 0 Å². The Hall–Kier alpha value is -1.26. The molecular formula is C15H18ClNO3. The van der Waals surface area contributed by atoms with Crippen molar-refractivity contribution in [2.75, 3.05) is 6.54 Å². The number of carbonyl (C=O) groups excluding carboxylic acids is 1. The van der Waals surface area contributed by atoms with Gasteiger partial charge < -0.3 is 14.7 Å². The second kappa shape index (κ2) is 4.64. The van der Waals surface area contributed by atoms with E-state index in [4.69, 9.17) is 16.3 Å². The summed E-state index contributed by atoms with van der Waals surface area (Å²) in [7, 11) is 0. The molecule has 0 spiro atoms. The molecule has 0 radical (unpaired) electrons. The molecule has 2 aliphatic heterocycles. The standard InChI is InChI=1S/C15H18ClNO3/c1-15(2)14(19)13(17-7-3-4-12(17)18)10-8-9(16)5-6-11(10)20-15/h5-6,8,13-14,19H,3-4,7H2,1-2H3/t13-,14+/m0/s1. The quantitative estimate of drug-likeness (QED) is 0.866. The maximum absolute atomic E-state index is 12.1. The molecule has 0 unspecified atom stereocenters. The predicted octanol–water partition coefficient (Wildman–Crippen LogP) is 2.54. The maximum Gasteiger partial charge on any atom is 0.223 e. The summed E-state index contributed by atoms with van der Waals surface area (Å²) in [6, 6.07) is 4.96. The summed E-state index contributed by atoms with van der Waals surface area (Å²) in [6.07, 6.45) is 0.593. The van der Waals surface area contributed by atoms with E-state index >= 15 is 0 Å². The Morgan fingerprint density at radius 2 is 2.20 bits per heavy atom. The average Bonchev–Trinajstić information content (AvgIpc) is 2.78. The first-order valence-electron chi connectivity index (χ1n) is 6.86. The van der Waals surface area contributed by atoms with Gasteiger partial charge in [-0.1, -0.05) is 11.6 Å². The number of hydrogen-bond donors (Lipinski definition) is 1. The number of hydrogen-bond acceptors (Lipinski definition) is 3. The number of benzene rings is 1. The van der Waals surface area contributed by atoms with Gasteiger partial charge >= 0.3 is 0 Å². The molecule has 4 nitrogen and oxygen atoms in total. The van der Waals surface area contributed by atoms with E-state index in [1.165, 1.54) is 0 Å². The van der Waals surface area contributed by atoms with Crippen LogP contribution in [0.5, 0.6) is 5.75 Å². The van der Waals surface area contributed by atoms with Gasteiger partial charge in [-0.15, -0.1) is 0 Å². The monoisotopic (exact) mass is 295 g/mol. The number of ether oxygens (including phenoxy) is 1. The third-order valence-corrected chi connectivity index (χ3v) is 4.36. The number of rotatable bonds is 1. The number of amides is 1. The van der Waals surface area contributed by atoms with E-state index in [2.05, 4.69) is 0 Å². The lowest BCUT2D eigenvalue weighted by atomic mass is 9.85. The minimum atomic E-state index is -0.782. The Labute approximate surface area is 123 Å². The molecule has 1 fully saturated rings. The van der Waals surface area contributed by atoms with Crippen LogP contribution in [0.3, 0.4) is 0 Å². The summed E-state index contributed by atoms with van der Waals surface area (Å²) >= 11 is 6.06. The van der Waals surface area contributed by atoms with Crippen molar-refractivity contribution >= 4 is 17.5 Å². The second-order valence-electron chi connectivity index (χ2n) is 5.97. The zero-order valence-corrected chi connectivity index (χ0v) is 12.4. The van der Waals surface area contributed by atoms with Crippen molar-refractivity contribution in [3.8, 4) is 5.75 Å². The number of carbonyl (C=O) groups is 1. The Morgan fingerprint density at radius 1 is 1.45 bits per heavy atom. The van der Waals surface area contributed by atoms with Crippen LogP contribution in [0, 0.1) is 0 Å². The summed E-state index contributed by atoms with van der Waals surface area (Å²) in [6.45, 7) is 4.34. The van der Waals surface area contributed by atoms with Crippen molar-refractivity contribution in [1.82, 2.24) is 4.90 Å². The molecule has 2 atom stereocenters. The molecule has 5 heteroatoms. The molecule has 2 aliphatic rings. The summed E-state index contributed by atoms with van der Waals surface area (Å²) in [5, 5.41) is 11.2. The first-order valence-corrected chi connectivity index (χ1v) is 7.24. The summed E-state index contributed by atoms with van der Waals surface area (Å²) in [4.78, 5) is 13.8. The Morgan fingerprint density at radius 3 is 2.85 bits per heavy atom. The Balaban J connectivity index is 2.10. The van der Waals surface area contributed by atoms with Gasteiger partial charge in [-0.3, -0.25) is 4.79 Å². The molecule has 0 aromatic heterocycles. The van der Waals surface area contributed by atoms with Crippen LogP contribution in [0.25, 0.3) is 0 Å². The van der Waals surface area contributed by atoms with E-state index in [0.29, 0.717) is 23.7 Å². The van der Waals surface area contributed by atoms with Gasteiger partial charge in [-0.05, 0) is 38.5 Å². The van der Waals surface area contributed by atoms with Gasteiger partial charge in [0, 0.05) is 23.6 Å². The van der Waals surface area contributed by atoms with Gasteiger partial charge in [0.25, 0.3) is 0 Å². The van der Waals surface area contributed by atoms with Crippen molar-refractivity contribution in [3.05, 3.63) is 28.8 Å². The van der Waals surface area contributed by atoms with Crippen LogP contribution in [0.2, 0.25) is 5.02 Å². The topological polar surface area (TPSA) is 49.8 Å². The Kier molecular flexibility index (Phi) is 3.18. The van der Waals surface area contributed by atoms with Crippen molar-refractivity contribution in [2.45, 2.75) is 44.4 Å². The van der Waals surface area contributed by atoms with Crippen molar-refractivity contribution < 1.29 is 14.6 Å². The molecule has 0 bridgehead atoms. The third kappa shape index (κ3) is 2.07. The summed E-state index contributed by atoms with van der Waals surface area (Å²) in [5.74, 6) is 0.770. The highest BCUT2D eigenvalue weighted by Crippen LogP contribution is 2.44. The molecule has 20 heavy (non-hydrogen) atoms. The normalized spacial score (nSPS) is 28.2. The number of halogens is 1. The molecule has 0 aliphatic carbocycles. The highest BCUT2D eigenvalue weighted by molar-refractivity contribution is 6.30. The molecule has 1 N–H and O–H groups in total. The Bertz CT molecular complexity index is 558. The summed E-state index contributed by atoms with van der Waals surface area (Å²) in [5.41, 5.74) is 0.0496. The van der Waals surface area contributed by atoms with Crippen LogP contribution in [0.15, 0.2) is 18.2 Å². The van der Waals surface area contributed by atoms with E-state index < -0.39 is 11.7 Å². The number of aliphatic hydroxyl groups excluding tert-OH is 1. The molecule has 1 aromatic carbocycles. The minimum absolute atomic E-state index is 0.0812. The summed E-state index contributed by atoms with van der Waals surface area (Å²) < 4.78 is 5.86. The van der Waals surface area contributed by atoms with Gasteiger partial charge in [0.15, 0.2) is 0 Å². The lowest BCUT2D eigenvalue weighted by molar-refractivity contribution is -0.139. The van der Waals surface area contributed by atoms with Gasteiger partial charge in [-0.2, -0.15) is 0 Å². The number of aliphatic hydroxyl groups is 1. The van der Waals surface area contributed by atoms with E-state index in [0.717, 1.165) is 12.0 Å². The number of likely N-dealkylation sites (tertiary alicyclic amines) is 1. The van der Waals surface area contributed by atoms with Crippen molar-refractivity contribution in [2.24, 2.45) is 0 Å². The molecule has 2 heterocycles. The SMILES string of the molecule is CC1(C)Oc2ccc(Cl)cc2[C@H](N2CCCC2=O)[C@H]1O. The molecular weight excluding hydrogens is 278 g/mol. The van der Waals surface area contributed by atoms with Crippen LogP contribution < -0.4 is 4.74 Å². The molecule has 1 amide bonds. The zero-order chi connectivity index (χ0) is 14.5. The van der Waals surface area contributed by atoms with E-state index in [1.807, 2.05) is 13.8 Å². The minimum Gasteiger partial charge on any atom is -0.485 e. The first kappa shape index (κ1) is 13.7. The van der Waals surface area contributed by atoms with Crippen LogP contribution in [0.1, 0.15) is 38.3 Å². The molecule has 3 rings (SSSR count). The second-order valence-corrected chi connectivity index (χ2v) is 6.40. The van der Waals surface area contributed by atoms with Crippen molar-refractivity contribution in [1.29, 1.82) is 0 Å². The zero-order valence-electron chi connectivity index (χ0n) is 11.6. The van der Waals surface area contributed by atoms with E-state index in [-0.39, 0.29) is 11.9 Å². The maximum atomic E-state index is 12.1. The fourth-order valence-electron chi connectivity index (χ4n) is 3.04. The van der Waals surface area contributed by atoms with Crippen molar-refractivity contribution in [3.63, 3.8) is 0 Å². The fourth-order valence-corrected chi connectivity index (χ4v) is 3.22. The van der Waals surface area contributed by atoms with E-state index in [9.17, 15) is 9.90 Å².